The van der Waals surface area contributed by atoms with Crippen LogP contribution in [0.5, 0.6) is 0 Å². The van der Waals surface area contributed by atoms with Crippen molar-refractivity contribution in [2.45, 2.75) is 75.7 Å². The van der Waals surface area contributed by atoms with Crippen molar-refractivity contribution in [2.75, 3.05) is 0 Å². The van der Waals surface area contributed by atoms with Crippen LogP contribution in [0, 0.1) is 0 Å². The summed E-state index contributed by atoms with van der Waals surface area (Å²) in [5.41, 5.74) is 2.81. The highest BCUT2D eigenvalue weighted by Gasteiger charge is 2.43. The normalized spacial score (nSPS) is 28.1. The Morgan fingerprint density at radius 2 is 0.833 bits per heavy atom. The zero-order chi connectivity index (χ0) is 25.1. The van der Waals surface area contributed by atoms with E-state index in [0.29, 0.717) is 84.7 Å². The van der Waals surface area contributed by atoms with Crippen molar-refractivity contribution in [3.8, 4) is 11.1 Å². The number of amides is 4. The zero-order valence-electron chi connectivity index (χ0n) is 19.9. The second-order valence-electron chi connectivity index (χ2n) is 10.4. The molecule has 4 amide bonds. The minimum Gasteiger partial charge on any atom is -0.393 e. The number of carbonyl (C=O) groups excluding carboxylic acids is 4. The van der Waals surface area contributed by atoms with Gasteiger partial charge < -0.3 is 10.2 Å². The van der Waals surface area contributed by atoms with Gasteiger partial charge in [-0.05, 0) is 86.8 Å². The Bertz CT molecular complexity index is 1190. The standard InChI is InChI=1S/C28H28N2O6/c31-19-7-3-17(4-8-19)29-25(33)21-11-1-15(13-23(21)27(29)35)16-2-12-22-24(14-16)28(36)30(26(22)34)18-5-9-20(32)10-6-18/h1-2,11-14,17-20,31-32H,3-10H2. The molecule has 8 heteroatoms. The topological polar surface area (TPSA) is 115 Å². The molecule has 4 aliphatic rings. The van der Waals surface area contributed by atoms with Crippen LogP contribution in [-0.2, 0) is 0 Å². The van der Waals surface area contributed by atoms with Crippen LogP contribution in [0.2, 0.25) is 0 Å². The van der Waals surface area contributed by atoms with Crippen molar-refractivity contribution in [3.05, 3.63) is 58.7 Å². The number of aliphatic hydroxyl groups excluding tert-OH is 2. The average molecular weight is 489 g/mol. The van der Waals surface area contributed by atoms with Crippen LogP contribution in [-0.4, -0.2) is 67.9 Å². The van der Waals surface area contributed by atoms with Crippen LogP contribution in [0.25, 0.3) is 11.1 Å². The molecule has 0 unspecified atom stereocenters. The molecule has 0 saturated heterocycles. The maximum atomic E-state index is 13.2. The molecule has 2 fully saturated rings. The van der Waals surface area contributed by atoms with Crippen molar-refractivity contribution < 1.29 is 29.4 Å². The van der Waals surface area contributed by atoms with Crippen LogP contribution in [0.15, 0.2) is 36.4 Å². The summed E-state index contributed by atoms with van der Waals surface area (Å²) in [5.74, 6) is -1.25. The third-order valence-corrected chi connectivity index (χ3v) is 8.23. The van der Waals surface area contributed by atoms with E-state index >= 15 is 0 Å². The molecule has 2 aliphatic carbocycles. The molecule has 2 heterocycles. The smallest absolute Gasteiger partial charge is 0.261 e. The van der Waals surface area contributed by atoms with Gasteiger partial charge in [0.2, 0.25) is 0 Å². The highest BCUT2D eigenvalue weighted by atomic mass is 16.3. The summed E-state index contributed by atoms with van der Waals surface area (Å²) in [4.78, 5) is 55.1. The number of benzene rings is 2. The van der Waals surface area contributed by atoms with Gasteiger partial charge in [0, 0.05) is 12.1 Å². The lowest BCUT2D eigenvalue weighted by atomic mass is 9.92. The van der Waals surface area contributed by atoms with Gasteiger partial charge in [-0.25, -0.2) is 0 Å². The Balaban J connectivity index is 1.27. The summed E-state index contributed by atoms with van der Waals surface area (Å²) in [6.45, 7) is 0. The quantitative estimate of drug-likeness (QED) is 0.642. The van der Waals surface area contributed by atoms with E-state index in [4.69, 9.17) is 0 Å². The maximum absolute atomic E-state index is 13.2. The second-order valence-corrected chi connectivity index (χ2v) is 10.4. The van der Waals surface area contributed by atoms with Crippen LogP contribution >= 0.6 is 0 Å². The van der Waals surface area contributed by atoms with Crippen LogP contribution in [0.4, 0.5) is 0 Å². The molecule has 2 N–H and O–H groups in total. The van der Waals surface area contributed by atoms with Crippen molar-refractivity contribution in [1.82, 2.24) is 9.80 Å². The monoisotopic (exact) mass is 488 g/mol. The highest BCUT2D eigenvalue weighted by molar-refractivity contribution is 6.23. The number of aliphatic hydroxyl groups is 2. The van der Waals surface area contributed by atoms with Gasteiger partial charge in [0.25, 0.3) is 23.6 Å². The van der Waals surface area contributed by atoms with E-state index in [0.717, 1.165) is 0 Å². The molecule has 6 rings (SSSR count). The van der Waals surface area contributed by atoms with Gasteiger partial charge in [0.05, 0.1) is 34.5 Å². The van der Waals surface area contributed by atoms with E-state index in [1.807, 2.05) is 0 Å². The zero-order valence-corrected chi connectivity index (χ0v) is 19.9. The molecule has 0 atom stereocenters. The van der Waals surface area contributed by atoms with Gasteiger partial charge in [-0.15, -0.1) is 0 Å². The van der Waals surface area contributed by atoms with E-state index in [9.17, 15) is 29.4 Å². The van der Waals surface area contributed by atoms with Crippen LogP contribution in [0.1, 0.15) is 92.8 Å². The Morgan fingerprint density at radius 1 is 0.500 bits per heavy atom. The predicted octanol–water partition coefficient (Wildman–Crippen LogP) is 3.15. The lowest BCUT2D eigenvalue weighted by Gasteiger charge is -2.31. The van der Waals surface area contributed by atoms with Crippen LogP contribution in [0.3, 0.4) is 0 Å². The van der Waals surface area contributed by atoms with E-state index in [2.05, 4.69) is 0 Å². The van der Waals surface area contributed by atoms with E-state index in [1.165, 1.54) is 9.80 Å². The molecule has 0 aromatic heterocycles. The Hall–Kier alpha value is -3.36. The number of imide groups is 2. The number of hydrogen-bond acceptors (Lipinski definition) is 6. The Labute approximate surface area is 208 Å². The van der Waals surface area contributed by atoms with E-state index in [1.54, 1.807) is 36.4 Å². The van der Waals surface area contributed by atoms with Crippen molar-refractivity contribution in [3.63, 3.8) is 0 Å². The molecular formula is C28H28N2O6. The highest BCUT2D eigenvalue weighted by Crippen LogP contribution is 2.36. The molecule has 2 aliphatic heterocycles. The largest absolute Gasteiger partial charge is 0.393 e. The molecule has 2 aromatic rings. The SMILES string of the molecule is O=C1c2ccc(-c3ccc4c(c3)C(=O)N(C3CCC(O)CC3)C4=O)cc2C(=O)N1C1CCC(O)CC1. The molecule has 0 radical (unpaired) electrons. The fraction of sp³-hybridized carbons (Fsp3) is 0.429. The van der Waals surface area contributed by atoms with Gasteiger partial charge in [0.1, 0.15) is 0 Å². The van der Waals surface area contributed by atoms with E-state index in [-0.39, 0.29) is 47.9 Å². The van der Waals surface area contributed by atoms with Gasteiger partial charge >= 0.3 is 0 Å². The van der Waals surface area contributed by atoms with E-state index < -0.39 is 0 Å². The summed E-state index contributed by atoms with van der Waals surface area (Å²) in [6.07, 6.45) is 3.92. The first-order valence-electron chi connectivity index (χ1n) is 12.7. The van der Waals surface area contributed by atoms with Crippen molar-refractivity contribution in [1.29, 1.82) is 0 Å². The van der Waals surface area contributed by atoms with Gasteiger partial charge in [-0.3, -0.25) is 29.0 Å². The van der Waals surface area contributed by atoms with Gasteiger partial charge in [-0.1, -0.05) is 12.1 Å². The average Bonchev–Trinajstić information content (AvgIpc) is 3.29. The summed E-state index contributed by atoms with van der Waals surface area (Å²) in [7, 11) is 0. The molecule has 186 valence electrons. The maximum Gasteiger partial charge on any atom is 0.261 e. The number of carbonyl (C=O) groups is 4. The first-order valence-corrected chi connectivity index (χ1v) is 12.7. The van der Waals surface area contributed by atoms with Crippen molar-refractivity contribution in [2.24, 2.45) is 0 Å². The molecule has 0 spiro atoms. The molecule has 8 nitrogen and oxygen atoms in total. The second kappa shape index (κ2) is 8.64. The van der Waals surface area contributed by atoms with Gasteiger partial charge in [-0.2, -0.15) is 0 Å². The molecule has 2 saturated carbocycles. The minimum atomic E-state index is -0.377. The fourth-order valence-corrected chi connectivity index (χ4v) is 6.17. The first kappa shape index (κ1) is 23.1. The first-order chi connectivity index (χ1) is 17.3. The summed E-state index contributed by atoms with van der Waals surface area (Å²) >= 11 is 0. The van der Waals surface area contributed by atoms with Gasteiger partial charge in [0.15, 0.2) is 0 Å². The lowest BCUT2D eigenvalue weighted by molar-refractivity contribution is 0.0440. The summed E-state index contributed by atoms with van der Waals surface area (Å²) in [5, 5.41) is 19.6. The number of nitrogens with zero attached hydrogens (tertiary/aromatic N) is 2. The Kier molecular flexibility index (Phi) is 5.53. The third-order valence-electron chi connectivity index (χ3n) is 8.23. The predicted molar refractivity (Wildman–Crippen MR) is 129 cm³/mol. The third kappa shape index (κ3) is 3.59. The minimum absolute atomic E-state index is 0.209. The molecule has 2 aromatic carbocycles. The number of rotatable bonds is 3. The summed E-state index contributed by atoms with van der Waals surface area (Å²) < 4.78 is 0. The molecule has 36 heavy (non-hydrogen) atoms. The fourth-order valence-electron chi connectivity index (χ4n) is 6.17. The Morgan fingerprint density at radius 3 is 1.19 bits per heavy atom. The molecular weight excluding hydrogens is 460 g/mol. The number of hydrogen-bond donors (Lipinski definition) is 2. The lowest BCUT2D eigenvalue weighted by Crippen LogP contribution is -2.42. The molecule has 0 bridgehead atoms. The van der Waals surface area contributed by atoms with Crippen molar-refractivity contribution >= 4 is 23.6 Å². The summed E-state index contributed by atoms with van der Waals surface area (Å²) in [6, 6.07) is 9.81. The van der Waals surface area contributed by atoms with Crippen LogP contribution < -0.4 is 0 Å². The number of fused-ring (bicyclic) bond motifs is 2.